The molecule has 0 unspecified atom stereocenters. The second-order valence-electron chi connectivity index (χ2n) is 2.58. The van der Waals surface area contributed by atoms with Crippen LogP contribution in [0.15, 0.2) is 18.2 Å². The lowest BCUT2D eigenvalue weighted by Crippen LogP contribution is -1.90. The summed E-state index contributed by atoms with van der Waals surface area (Å²) in [6.45, 7) is 4.00. The van der Waals surface area contributed by atoms with E-state index in [-0.39, 0.29) is 16.3 Å². The lowest BCUT2D eigenvalue weighted by Gasteiger charge is -1.94. The average Bonchev–Trinajstić information content (AvgIpc) is 2.33. The Morgan fingerprint density at radius 3 is 2.18 bits per heavy atom. The molecule has 0 saturated carbocycles. The zero-order valence-electron chi connectivity index (χ0n) is 10.4. The van der Waals surface area contributed by atoms with Crippen LogP contribution in [0.25, 0.3) is 0 Å². The second-order valence-corrected chi connectivity index (χ2v) is 2.99. The molecular weight excluding hydrogens is 244 g/mol. The van der Waals surface area contributed by atoms with Gasteiger partial charge in [0.1, 0.15) is 0 Å². The average molecular weight is 261 g/mol. The lowest BCUT2D eigenvalue weighted by molar-refractivity contribution is -0.384. The van der Waals surface area contributed by atoms with Gasteiger partial charge >= 0.3 is 0 Å². The van der Waals surface area contributed by atoms with E-state index in [2.05, 4.69) is 5.32 Å². The van der Waals surface area contributed by atoms with E-state index in [0.717, 1.165) is 6.07 Å². The molecular formula is C11H17ClN2O3. The highest BCUT2D eigenvalue weighted by atomic mass is 35.5. The molecule has 0 bridgehead atoms. The smallest absolute Gasteiger partial charge is 0.270 e. The lowest BCUT2D eigenvalue weighted by atomic mass is 10.2. The molecule has 1 N–H and O–H groups in total. The Morgan fingerprint density at radius 2 is 1.82 bits per heavy atom. The third kappa shape index (κ3) is 7.43. The molecule has 0 spiro atoms. The first-order chi connectivity index (χ1) is 8.06. The van der Waals surface area contributed by atoms with Gasteiger partial charge in [-0.25, -0.2) is 0 Å². The number of hydrogen-bond donors (Lipinski definition) is 1. The number of rotatable bonds is 2. The van der Waals surface area contributed by atoms with Crippen LogP contribution in [0.4, 0.5) is 5.69 Å². The summed E-state index contributed by atoms with van der Waals surface area (Å²) in [6.07, 6.45) is 0.481. The first-order valence-electron chi connectivity index (χ1n) is 5.04. The second kappa shape index (κ2) is 11.0. The molecule has 0 radical (unpaired) electrons. The first-order valence-corrected chi connectivity index (χ1v) is 5.42. The van der Waals surface area contributed by atoms with Crippen molar-refractivity contribution < 1.29 is 9.72 Å². The number of carbonyl (C=O) groups excluding carboxylic acids is 1. The zero-order chi connectivity index (χ0) is 13.8. The topological polar surface area (TPSA) is 72.2 Å². The summed E-state index contributed by atoms with van der Waals surface area (Å²) in [5.74, 6) is 0. The fourth-order valence-corrected chi connectivity index (χ4v) is 0.897. The SMILES string of the molecule is CC.CNC.O=Cc1cc([N+](=O)[O-])ccc1Cl. The van der Waals surface area contributed by atoms with Gasteiger partial charge in [-0.1, -0.05) is 25.4 Å². The number of nitrogens with zero attached hydrogens (tertiary/aromatic N) is 1. The summed E-state index contributed by atoms with van der Waals surface area (Å²) in [5, 5.41) is 13.2. The highest BCUT2D eigenvalue weighted by molar-refractivity contribution is 6.33. The number of nitro groups is 1. The summed E-state index contributed by atoms with van der Waals surface area (Å²) < 4.78 is 0. The third-order valence-corrected chi connectivity index (χ3v) is 1.66. The van der Waals surface area contributed by atoms with Gasteiger partial charge in [-0.15, -0.1) is 0 Å². The van der Waals surface area contributed by atoms with Gasteiger partial charge in [0.05, 0.1) is 9.95 Å². The molecule has 0 atom stereocenters. The number of halogens is 1. The maximum absolute atomic E-state index is 10.3. The van der Waals surface area contributed by atoms with Crippen LogP contribution in [0.3, 0.4) is 0 Å². The van der Waals surface area contributed by atoms with Crippen molar-refractivity contribution in [3.05, 3.63) is 38.9 Å². The molecule has 0 aliphatic rings. The molecule has 0 aromatic heterocycles. The predicted molar refractivity (Wildman–Crippen MR) is 69.8 cm³/mol. The van der Waals surface area contributed by atoms with E-state index in [4.69, 9.17) is 11.6 Å². The van der Waals surface area contributed by atoms with E-state index in [1.54, 1.807) is 0 Å². The normalized spacial score (nSPS) is 8.06. The van der Waals surface area contributed by atoms with Gasteiger partial charge in [-0.3, -0.25) is 14.9 Å². The van der Waals surface area contributed by atoms with Crippen LogP contribution in [-0.4, -0.2) is 25.3 Å². The fourth-order valence-electron chi connectivity index (χ4n) is 0.735. The van der Waals surface area contributed by atoms with Crippen LogP contribution >= 0.6 is 11.6 Å². The predicted octanol–water partition coefficient (Wildman–Crippen LogP) is 2.92. The van der Waals surface area contributed by atoms with Gasteiger partial charge in [0.15, 0.2) is 6.29 Å². The van der Waals surface area contributed by atoms with Gasteiger partial charge in [0.2, 0.25) is 0 Å². The number of non-ortho nitro benzene ring substituents is 1. The third-order valence-electron chi connectivity index (χ3n) is 1.32. The molecule has 0 amide bonds. The molecule has 17 heavy (non-hydrogen) atoms. The van der Waals surface area contributed by atoms with Crippen molar-refractivity contribution in [3.63, 3.8) is 0 Å². The van der Waals surface area contributed by atoms with Crippen LogP contribution in [0.2, 0.25) is 5.02 Å². The van der Waals surface area contributed by atoms with Crippen molar-refractivity contribution in [2.75, 3.05) is 14.1 Å². The molecule has 96 valence electrons. The largest absolute Gasteiger partial charge is 0.323 e. The van der Waals surface area contributed by atoms with Crippen molar-refractivity contribution in [2.45, 2.75) is 13.8 Å². The Bertz CT molecular complexity index is 357. The van der Waals surface area contributed by atoms with Gasteiger partial charge in [0, 0.05) is 17.7 Å². The number of hydrogen-bond acceptors (Lipinski definition) is 4. The van der Waals surface area contributed by atoms with Crippen molar-refractivity contribution in [2.24, 2.45) is 0 Å². The van der Waals surface area contributed by atoms with E-state index in [1.807, 2.05) is 27.9 Å². The summed E-state index contributed by atoms with van der Waals surface area (Å²) >= 11 is 5.55. The minimum Gasteiger partial charge on any atom is -0.323 e. The summed E-state index contributed by atoms with van der Waals surface area (Å²) in [7, 11) is 3.75. The maximum atomic E-state index is 10.3. The molecule has 0 saturated heterocycles. The minimum atomic E-state index is -0.580. The minimum absolute atomic E-state index is 0.130. The fraction of sp³-hybridized carbons (Fsp3) is 0.364. The number of nitro benzene ring substituents is 1. The summed E-state index contributed by atoms with van der Waals surface area (Å²) in [4.78, 5) is 19.9. The van der Waals surface area contributed by atoms with E-state index < -0.39 is 4.92 Å². The van der Waals surface area contributed by atoms with Gasteiger partial charge < -0.3 is 5.32 Å². The number of aldehydes is 1. The Balaban J connectivity index is 0. The Hall–Kier alpha value is -1.46. The highest BCUT2D eigenvalue weighted by Gasteiger charge is 2.08. The van der Waals surface area contributed by atoms with Crippen LogP contribution in [0, 0.1) is 10.1 Å². The van der Waals surface area contributed by atoms with E-state index >= 15 is 0 Å². The van der Waals surface area contributed by atoms with E-state index in [1.165, 1.54) is 12.1 Å². The first kappa shape index (κ1) is 17.9. The van der Waals surface area contributed by atoms with Crippen molar-refractivity contribution >= 4 is 23.6 Å². The Morgan fingerprint density at radius 1 is 1.35 bits per heavy atom. The molecule has 0 aliphatic heterocycles. The molecule has 6 heteroatoms. The Labute approximate surface area is 106 Å². The standard InChI is InChI=1S/C7H4ClNO3.C2H7N.C2H6/c8-7-2-1-6(9(11)12)3-5(7)4-10;1-3-2;1-2/h1-4H;3H,1-2H3;1-2H3. The maximum Gasteiger partial charge on any atom is 0.270 e. The van der Waals surface area contributed by atoms with Crippen molar-refractivity contribution in [1.29, 1.82) is 0 Å². The van der Waals surface area contributed by atoms with Crippen LogP contribution < -0.4 is 5.32 Å². The summed E-state index contributed by atoms with van der Waals surface area (Å²) in [5.41, 5.74) is -0.00707. The molecule has 1 aromatic rings. The molecule has 0 aliphatic carbocycles. The highest BCUT2D eigenvalue weighted by Crippen LogP contribution is 2.19. The molecule has 0 fully saturated rings. The molecule has 5 nitrogen and oxygen atoms in total. The number of benzene rings is 1. The zero-order valence-corrected chi connectivity index (χ0v) is 11.1. The molecule has 1 rings (SSSR count). The van der Waals surface area contributed by atoms with Crippen molar-refractivity contribution in [3.8, 4) is 0 Å². The van der Waals surface area contributed by atoms with Crippen LogP contribution in [0.5, 0.6) is 0 Å². The van der Waals surface area contributed by atoms with E-state index in [0.29, 0.717) is 6.29 Å². The van der Waals surface area contributed by atoms with Gasteiger partial charge in [-0.2, -0.15) is 0 Å². The summed E-state index contributed by atoms with van der Waals surface area (Å²) in [6, 6.07) is 3.70. The van der Waals surface area contributed by atoms with Gasteiger partial charge in [0.25, 0.3) is 5.69 Å². The number of nitrogens with one attached hydrogen (secondary N) is 1. The van der Waals surface area contributed by atoms with Crippen LogP contribution in [0.1, 0.15) is 24.2 Å². The molecule has 1 aromatic carbocycles. The van der Waals surface area contributed by atoms with Gasteiger partial charge in [-0.05, 0) is 20.2 Å². The van der Waals surface area contributed by atoms with E-state index in [9.17, 15) is 14.9 Å². The van der Waals surface area contributed by atoms with Crippen LogP contribution in [-0.2, 0) is 0 Å². The van der Waals surface area contributed by atoms with Crippen molar-refractivity contribution in [1.82, 2.24) is 5.32 Å². The molecule has 0 heterocycles. The Kier molecular flexibility index (Phi) is 11.6. The monoisotopic (exact) mass is 260 g/mol. The quantitative estimate of drug-likeness (QED) is 0.504. The number of carbonyl (C=O) groups is 1.